The summed E-state index contributed by atoms with van der Waals surface area (Å²) < 4.78 is 31.4. The number of hydrogen-bond donors (Lipinski definition) is 1. The van der Waals surface area contributed by atoms with Gasteiger partial charge in [0.05, 0.1) is 7.11 Å². The summed E-state index contributed by atoms with van der Waals surface area (Å²) in [6, 6.07) is 3.69. The summed E-state index contributed by atoms with van der Waals surface area (Å²) in [5.41, 5.74) is -1.25. The molecular formula is C11H12F2O2. The number of rotatable bonds is 3. The second-order valence-electron chi connectivity index (χ2n) is 3.82. The van der Waals surface area contributed by atoms with Crippen LogP contribution < -0.4 is 4.74 Å². The second kappa shape index (κ2) is 3.45. The lowest BCUT2D eigenvalue weighted by atomic mass is 10.0. The van der Waals surface area contributed by atoms with Gasteiger partial charge in [-0.3, -0.25) is 0 Å². The average molecular weight is 214 g/mol. The number of halogens is 2. The molecule has 1 aromatic rings. The molecule has 2 nitrogen and oxygen atoms in total. The highest BCUT2D eigenvalue weighted by atomic mass is 19.1. The molecule has 4 heteroatoms. The van der Waals surface area contributed by atoms with Gasteiger partial charge in [0, 0.05) is 11.6 Å². The summed E-state index contributed by atoms with van der Waals surface area (Å²) in [5, 5.41) is 9.74. The Bertz CT molecular complexity index is 375. The van der Waals surface area contributed by atoms with Gasteiger partial charge in [-0.1, -0.05) is 0 Å². The van der Waals surface area contributed by atoms with Crippen molar-refractivity contribution < 1.29 is 18.6 Å². The highest BCUT2D eigenvalue weighted by Crippen LogP contribution is 2.51. The fourth-order valence-electron chi connectivity index (χ4n) is 1.58. The maximum atomic E-state index is 13.6. The number of ether oxygens (including phenoxy) is 1. The molecule has 0 bridgehead atoms. The van der Waals surface area contributed by atoms with Gasteiger partial charge in [-0.15, -0.1) is 0 Å². The molecule has 0 aromatic heterocycles. The van der Waals surface area contributed by atoms with E-state index >= 15 is 0 Å². The molecule has 82 valence electrons. The van der Waals surface area contributed by atoms with E-state index < -0.39 is 17.6 Å². The molecule has 1 aliphatic carbocycles. The van der Waals surface area contributed by atoms with E-state index in [0.717, 1.165) is 6.07 Å². The lowest BCUT2D eigenvalue weighted by molar-refractivity contribution is 0.0587. The summed E-state index contributed by atoms with van der Waals surface area (Å²) in [4.78, 5) is 0. The molecule has 1 saturated carbocycles. The molecular weight excluding hydrogens is 202 g/mol. The van der Waals surface area contributed by atoms with Gasteiger partial charge in [-0.25, -0.2) is 8.78 Å². The van der Waals surface area contributed by atoms with Crippen molar-refractivity contribution in [1.29, 1.82) is 0 Å². The number of hydrogen-bond acceptors (Lipinski definition) is 2. The van der Waals surface area contributed by atoms with Crippen molar-refractivity contribution in [3.05, 3.63) is 29.6 Å². The van der Waals surface area contributed by atoms with Gasteiger partial charge in [0.25, 0.3) is 0 Å². The van der Waals surface area contributed by atoms with Gasteiger partial charge in [0.15, 0.2) is 0 Å². The van der Waals surface area contributed by atoms with Crippen LogP contribution in [0.4, 0.5) is 8.78 Å². The second-order valence-corrected chi connectivity index (χ2v) is 3.82. The fourth-order valence-corrected chi connectivity index (χ4v) is 1.58. The van der Waals surface area contributed by atoms with Crippen molar-refractivity contribution in [3.8, 4) is 5.75 Å². The van der Waals surface area contributed by atoms with E-state index in [-0.39, 0.29) is 5.75 Å². The average Bonchev–Trinajstić information content (AvgIpc) is 2.96. The van der Waals surface area contributed by atoms with Crippen molar-refractivity contribution >= 4 is 0 Å². The first kappa shape index (κ1) is 10.4. The Morgan fingerprint density at radius 3 is 2.67 bits per heavy atom. The summed E-state index contributed by atoms with van der Waals surface area (Å²) in [6.45, 7) is 0. The Kier molecular flexibility index (Phi) is 2.38. The van der Waals surface area contributed by atoms with Crippen molar-refractivity contribution in [1.82, 2.24) is 0 Å². The fraction of sp³-hybridized carbons (Fsp3) is 0.455. The van der Waals surface area contributed by atoms with E-state index in [9.17, 15) is 13.9 Å². The number of alkyl halides is 1. The molecule has 0 radical (unpaired) electrons. The van der Waals surface area contributed by atoms with Crippen LogP contribution in [0.1, 0.15) is 24.5 Å². The molecule has 1 unspecified atom stereocenters. The lowest BCUT2D eigenvalue weighted by Crippen LogP contribution is -2.15. The van der Waals surface area contributed by atoms with Gasteiger partial charge in [0.2, 0.25) is 0 Å². The molecule has 15 heavy (non-hydrogen) atoms. The molecule has 1 aromatic carbocycles. The van der Waals surface area contributed by atoms with E-state index in [1.165, 1.54) is 19.2 Å². The van der Waals surface area contributed by atoms with Crippen molar-refractivity contribution in [2.75, 3.05) is 7.11 Å². The van der Waals surface area contributed by atoms with E-state index in [2.05, 4.69) is 0 Å². The van der Waals surface area contributed by atoms with Gasteiger partial charge in [-0.2, -0.15) is 0 Å². The van der Waals surface area contributed by atoms with E-state index in [0.29, 0.717) is 18.4 Å². The SMILES string of the molecule is COc1cc(F)ccc1C(O)C1(F)CC1. The topological polar surface area (TPSA) is 29.5 Å². The zero-order valence-electron chi connectivity index (χ0n) is 8.34. The number of methoxy groups -OCH3 is 1. The molecule has 0 saturated heterocycles. The zero-order valence-corrected chi connectivity index (χ0v) is 8.34. The molecule has 0 heterocycles. The maximum Gasteiger partial charge on any atom is 0.141 e. The van der Waals surface area contributed by atoms with Crippen LogP contribution in [0.15, 0.2) is 18.2 Å². The summed E-state index contributed by atoms with van der Waals surface area (Å²) >= 11 is 0. The van der Waals surface area contributed by atoms with Gasteiger partial charge in [0.1, 0.15) is 23.3 Å². The van der Waals surface area contributed by atoms with Gasteiger partial charge in [-0.05, 0) is 25.0 Å². The first-order chi connectivity index (χ1) is 7.07. The van der Waals surface area contributed by atoms with Gasteiger partial charge < -0.3 is 9.84 Å². The highest BCUT2D eigenvalue weighted by molar-refractivity contribution is 5.38. The van der Waals surface area contributed by atoms with Crippen LogP contribution in [0.2, 0.25) is 0 Å². The normalized spacial score (nSPS) is 19.7. The van der Waals surface area contributed by atoms with Crippen LogP contribution >= 0.6 is 0 Å². The Morgan fingerprint density at radius 1 is 1.47 bits per heavy atom. The summed E-state index contributed by atoms with van der Waals surface area (Å²) in [5.74, 6) is -0.280. The molecule has 1 N–H and O–H groups in total. The van der Waals surface area contributed by atoms with Crippen LogP contribution in [0.3, 0.4) is 0 Å². The van der Waals surface area contributed by atoms with E-state index in [4.69, 9.17) is 4.74 Å². The first-order valence-corrected chi connectivity index (χ1v) is 4.77. The van der Waals surface area contributed by atoms with Crippen LogP contribution in [0.25, 0.3) is 0 Å². The van der Waals surface area contributed by atoms with Crippen LogP contribution in [0, 0.1) is 5.82 Å². The minimum atomic E-state index is -1.55. The minimum absolute atomic E-state index is 0.187. The molecule has 0 spiro atoms. The summed E-state index contributed by atoms with van der Waals surface area (Å²) in [6.07, 6.45) is -0.545. The number of benzene rings is 1. The Balaban J connectivity index is 2.34. The van der Waals surface area contributed by atoms with Crippen LogP contribution in [-0.2, 0) is 0 Å². The van der Waals surface area contributed by atoms with Crippen molar-refractivity contribution in [2.45, 2.75) is 24.6 Å². The standard InChI is InChI=1S/C11H12F2O2/c1-15-9-6-7(12)2-3-8(9)10(14)11(13)4-5-11/h2-3,6,10,14H,4-5H2,1H3. The van der Waals surface area contributed by atoms with Crippen LogP contribution in [-0.4, -0.2) is 17.9 Å². The number of aliphatic hydroxyl groups excluding tert-OH is 1. The Hall–Kier alpha value is -1.16. The Labute approximate surface area is 86.5 Å². The molecule has 1 aliphatic rings. The van der Waals surface area contributed by atoms with Crippen molar-refractivity contribution in [3.63, 3.8) is 0 Å². The third kappa shape index (κ3) is 1.81. The van der Waals surface area contributed by atoms with E-state index in [1.807, 2.05) is 0 Å². The predicted molar refractivity (Wildman–Crippen MR) is 51.0 cm³/mol. The predicted octanol–water partition coefficient (Wildman–Crippen LogP) is 2.37. The maximum absolute atomic E-state index is 13.6. The molecule has 1 atom stereocenters. The van der Waals surface area contributed by atoms with Crippen molar-refractivity contribution in [2.24, 2.45) is 0 Å². The zero-order chi connectivity index (χ0) is 11.1. The molecule has 0 amide bonds. The van der Waals surface area contributed by atoms with E-state index in [1.54, 1.807) is 0 Å². The molecule has 0 aliphatic heterocycles. The largest absolute Gasteiger partial charge is 0.496 e. The quantitative estimate of drug-likeness (QED) is 0.837. The third-order valence-corrected chi connectivity index (χ3v) is 2.71. The van der Waals surface area contributed by atoms with Gasteiger partial charge >= 0.3 is 0 Å². The third-order valence-electron chi connectivity index (χ3n) is 2.71. The monoisotopic (exact) mass is 214 g/mol. The van der Waals surface area contributed by atoms with Crippen LogP contribution in [0.5, 0.6) is 5.75 Å². The summed E-state index contributed by atoms with van der Waals surface area (Å²) in [7, 11) is 1.36. The molecule has 1 fully saturated rings. The minimum Gasteiger partial charge on any atom is -0.496 e. The lowest BCUT2D eigenvalue weighted by Gasteiger charge is -2.17. The first-order valence-electron chi connectivity index (χ1n) is 4.77. The molecule has 2 rings (SSSR count). The smallest absolute Gasteiger partial charge is 0.141 e. The number of aliphatic hydroxyl groups is 1. The Morgan fingerprint density at radius 2 is 2.13 bits per heavy atom. The highest BCUT2D eigenvalue weighted by Gasteiger charge is 2.51.